The van der Waals surface area contributed by atoms with E-state index in [1.54, 1.807) is 19.1 Å². The first kappa shape index (κ1) is 21.0. The zero-order valence-corrected chi connectivity index (χ0v) is 17.8. The number of ether oxygens (including phenoxy) is 1. The van der Waals surface area contributed by atoms with Crippen molar-refractivity contribution in [3.8, 4) is 16.3 Å². The first-order valence-corrected chi connectivity index (χ1v) is 11.7. The Labute approximate surface area is 174 Å². The third-order valence-electron chi connectivity index (χ3n) is 4.18. The molecule has 0 aliphatic rings. The van der Waals surface area contributed by atoms with Gasteiger partial charge in [-0.3, -0.25) is 4.79 Å². The van der Waals surface area contributed by atoms with Crippen molar-refractivity contribution in [2.24, 2.45) is 0 Å². The van der Waals surface area contributed by atoms with E-state index >= 15 is 0 Å². The van der Waals surface area contributed by atoms with Crippen molar-refractivity contribution in [2.75, 3.05) is 17.7 Å². The van der Waals surface area contributed by atoms with Gasteiger partial charge in [0.2, 0.25) is 5.91 Å². The molecule has 1 aromatic heterocycles. The maximum atomic E-state index is 12.3. The average Bonchev–Trinajstić information content (AvgIpc) is 3.17. The van der Waals surface area contributed by atoms with Crippen LogP contribution in [0.5, 0.6) is 5.75 Å². The van der Waals surface area contributed by atoms with Gasteiger partial charge < -0.3 is 10.1 Å². The van der Waals surface area contributed by atoms with Gasteiger partial charge >= 0.3 is 0 Å². The van der Waals surface area contributed by atoms with Crippen molar-refractivity contribution >= 4 is 32.8 Å². The van der Waals surface area contributed by atoms with Gasteiger partial charge in [-0.1, -0.05) is 6.92 Å². The van der Waals surface area contributed by atoms with E-state index in [-0.39, 0.29) is 23.0 Å². The second-order valence-electron chi connectivity index (χ2n) is 6.25. The Morgan fingerprint density at radius 3 is 2.38 bits per heavy atom. The van der Waals surface area contributed by atoms with Crippen molar-refractivity contribution in [2.45, 2.75) is 25.2 Å². The summed E-state index contributed by atoms with van der Waals surface area (Å²) in [7, 11) is -3.25. The molecule has 0 saturated heterocycles. The highest BCUT2D eigenvalue weighted by molar-refractivity contribution is 7.91. The van der Waals surface area contributed by atoms with Crippen LogP contribution >= 0.6 is 11.3 Å². The van der Waals surface area contributed by atoms with Gasteiger partial charge in [-0.2, -0.15) is 0 Å². The van der Waals surface area contributed by atoms with Gasteiger partial charge in [-0.15, -0.1) is 11.3 Å². The van der Waals surface area contributed by atoms with Crippen LogP contribution in [0.2, 0.25) is 0 Å². The lowest BCUT2D eigenvalue weighted by Crippen LogP contribution is -2.14. The first-order chi connectivity index (χ1) is 13.9. The molecule has 0 aliphatic carbocycles. The molecule has 0 bridgehead atoms. The number of benzene rings is 2. The molecule has 2 aromatic carbocycles. The first-order valence-electron chi connectivity index (χ1n) is 9.21. The van der Waals surface area contributed by atoms with Crippen LogP contribution in [0.25, 0.3) is 10.6 Å². The summed E-state index contributed by atoms with van der Waals surface area (Å²) in [5.74, 6) is 0.643. The Bertz CT molecular complexity index is 1070. The molecule has 8 heteroatoms. The highest BCUT2D eigenvalue weighted by Gasteiger charge is 2.13. The van der Waals surface area contributed by atoms with Crippen LogP contribution in [0.1, 0.15) is 19.5 Å². The number of hydrogen-bond acceptors (Lipinski definition) is 6. The molecule has 3 rings (SSSR count). The molecule has 3 aromatic rings. The number of aromatic nitrogens is 1. The van der Waals surface area contributed by atoms with Gasteiger partial charge in [-0.25, -0.2) is 13.4 Å². The normalized spacial score (nSPS) is 11.2. The Hall–Kier alpha value is -2.71. The number of carbonyl (C=O) groups excluding carboxylic acids is 1. The molecule has 6 nitrogen and oxygen atoms in total. The highest BCUT2D eigenvalue weighted by atomic mass is 32.2. The van der Waals surface area contributed by atoms with Gasteiger partial charge in [0.1, 0.15) is 10.8 Å². The lowest BCUT2D eigenvalue weighted by Gasteiger charge is -2.06. The van der Waals surface area contributed by atoms with E-state index in [1.807, 2.05) is 36.6 Å². The smallest absolute Gasteiger partial charge is 0.230 e. The average molecular weight is 431 g/mol. The lowest BCUT2D eigenvalue weighted by molar-refractivity contribution is -0.115. The molecule has 0 atom stereocenters. The number of rotatable bonds is 8. The molecule has 0 spiro atoms. The number of carbonyl (C=O) groups is 1. The van der Waals surface area contributed by atoms with Crippen LogP contribution in [0.4, 0.5) is 5.69 Å². The van der Waals surface area contributed by atoms with Crippen LogP contribution in [-0.2, 0) is 21.1 Å². The maximum absolute atomic E-state index is 12.3. The summed E-state index contributed by atoms with van der Waals surface area (Å²) in [6, 6.07) is 13.9. The van der Waals surface area contributed by atoms with Gasteiger partial charge in [0.25, 0.3) is 0 Å². The Balaban J connectivity index is 1.61. The van der Waals surface area contributed by atoms with E-state index in [1.165, 1.54) is 23.5 Å². The second-order valence-corrected chi connectivity index (χ2v) is 9.39. The van der Waals surface area contributed by atoms with Crippen LogP contribution in [-0.4, -0.2) is 31.7 Å². The number of sulfone groups is 1. The van der Waals surface area contributed by atoms with E-state index in [4.69, 9.17) is 4.74 Å². The molecule has 0 fully saturated rings. The minimum atomic E-state index is -3.25. The topological polar surface area (TPSA) is 85.4 Å². The largest absolute Gasteiger partial charge is 0.494 e. The summed E-state index contributed by atoms with van der Waals surface area (Å²) in [4.78, 5) is 17.1. The molecular weight excluding hydrogens is 408 g/mol. The monoisotopic (exact) mass is 430 g/mol. The van der Waals surface area contributed by atoms with E-state index in [0.29, 0.717) is 18.0 Å². The van der Waals surface area contributed by atoms with E-state index in [0.717, 1.165) is 16.3 Å². The predicted molar refractivity (Wildman–Crippen MR) is 115 cm³/mol. The number of thiazole rings is 1. The van der Waals surface area contributed by atoms with Gasteiger partial charge in [0.15, 0.2) is 9.84 Å². The van der Waals surface area contributed by atoms with Crippen molar-refractivity contribution in [3.63, 3.8) is 0 Å². The van der Waals surface area contributed by atoms with Gasteiger partial charge in [0, 0.05) is 16.6 Å². The molecule has 0 saturated carbocycles. The molecule has 0 unspecified atom stereocenters. The fraction of sp³-hybridized carbons (Fsp3) is 0.238. The quantitative estimate of drug-likeness (QED) is 0.579. The maximum Gasteiger partial charge on any atom is 0.230 e. The van der Waals surface area contributed by atoms with Crippen molar-refractivity contribution in [3.05, 3.63) is 59.6 Å². The number of anilines is 1. The van der Waals surface area contributed by atoms with E-state index in [2.05, 4.69) is 10.3 Å². The number of nitrogens with zero attached hydrogens (tertiary/aromatic N) is 1. The molecule has 0 radical (unpaired) electrons. The van der Waals surface area contributed by atoms with Crippen molar-refractivity contribution < 1.29 is 17.9 Å². The summed E-state index contributed by atoms with van der Waals surface area (Å²) < 4.78 is 29.1. The fourth-order valence-corrected chi connectivity index (χ4v) is 4.37. The summed E-state index contributed by atoms with van der Waals surface area (Å²) in [5, 5.41) is 5.47. The molecule has 29 heavy (non-hydrogen) atoms. The van der Waals surface area contributed by atoms with Gasteiger partial charge in [-0.05, 0) is 55.5 Å². The lowest BCUT2D eigenvalue weighted by atomic mass is 10.2. The van der Waals surface area contributed by atoms with Crippen LogP contribution in [0.15, 0.2) is 58.8 Å². The standard InChI is InChI=1S/C21H22N2O4S2/c1-3-27-18-9-5-15(6-10-18)21-23-17(14-28-21)13-20(24)22-16-7-11-19(12-8-16)29(25,26)4-2/h5-12,14H,3-4,13H2,1-2H3,(H,22,24). The Morgan fingerprint density at radius 2 is 1.76 bits per heavy atom. The number of amides is 1. The van der Waals surface area contributed by atoms with Crippen LogP contribution < -0.4 is 10.1 Å². The van der Waals surface area contributed by atoms with Crippen LogP contribution in [0.3, 0.4) is 0 Å². The third kappa shape index (κ3) is 5.42. The zero-order chi connectivity index (χ0) is 20.9. The minimum absolute atomic E-state index is 0.0409. The zero-order valence-electron chi connectivity index (χ0n) is 16.2. The molecule has 0 aliphatic heterocycles. The van der Waals surface area contributed by atoms with E-state index in [9.17, 15) is 13.2 Å². The molecule has 1 N–H and O–H groups in total. The predicted octanol–water partition coefficient (Wildman–Crippen LogP) is 4.18. The summed E-state index contributed by atoms with van der Waals surface area (Å²) >= 11 is 1.48. The minimum Gasteiger partial charge on any atom is -0.494 e. The highest BCUT2D eigenvalue weighted by Crippen LogP contribution is 2.26. The fourth-order valence-electron chi connectivity index (χ4n) is 2.66. The van der Waals surface area contributed by atoms with Crippen molar-refractivity contribution in [1.82, 2.24) is 4.98 Å². The van der Waals surface area contributed by atoms with Gasteiger partial charge in [0.05, 0.1) is 29.4 Å². The third-order valence-corrected chi connectivity index (χ3v) is 6.87. The summed E-state index contributed by atoms with van der Waals surface area (Å²) in [6.45, 7) is 4.15. The molecular formula is C21H22N2O4S2. The molecule has 152 valence electrons. The molecule has 1 heterocycles. The number of nitrogens with one attached hydrogen (secondary N) is 1. The SMILES string of the molecule is CCOc1ccc(-c2nc(CC(=O)Nc3ccc(S(=O)(=O)CC)cc3)cs2)cc1. The summed E-state index contributed by atoms with van der Waals surface area (Å²) in [6.07, 6.45) is 0.141. The molecule has 1 amide bonds. The second kappa shape index (κ2) is 9.19. The van der Waals surface area contributed by atoms with E-state index < -0.39 is 9.84 Å². The Kier molecular flexibility index (Phi) is 6.66. The van der Waals surface area contributed by atoms with Crippen molar-refractivity contribution in [1.29, 1.82) is 0 Å². The number of hydrogen-bond donors (Lipinski definition) is 1. The summed E-state index contributed by atoms with van der Waals surface area (Å²) in [5.41, 5.74) is 2.20. The van der Waals surface area contributed by atoms with Crippen LogP contribution in [0, 0.1) is 0 Å². The Morgan fingerprint density at radius 1 is 1.07 bits per heavy atom.